The molecular formula is C112H172N4O18. The number of unbranched alkanes of at least 4 members (excludes halogenated alkanes) is 54. The molecule has 0 spiro atoms. The van der Waals surface area contributed by atoms with Crippen molar-refractivity contribution < 1.29 is 76.4 Å². The van der Waals surface area contributed by atoms with E-state index in [4.69, 9.17) is 58.8 Å². The van der Waals surface area contributed by atoms with Gasteiger partial charge in [-0.25, -0.2) is 19.2 Å². The fourth-order valence-electron chi connectivity index (χ4n) is 16.2. The van der Waals surface area contributed by atoms with Crippen molar-refractivity contribution in [2.24, 2.45) is 0 Å². The van der Waals surface area contributed by atoms with Crippen molar-refractivity contribution in [1.82, 2.24) is 0 Å². The lowest BCUT2D eigenvalue weighted by Gasteiger charge is -2.19. The molecule has 0 aliphatic heterocycles. The van der Waals surface area contributed by atoms with Crippen molar-refractivity contribution >= 4 is 46.6 Å². The van der Waals surface area contributed by atoms with Crippen LogP contribution in [0.15, 0.2) is 109 Å². The van der Waals surface area contributed by atoms with Crippen LogP contribution in [0.25, 0.3) is 0 Å². The quantitative estimate of drug-likeness (QED) is 0.00895. The van der Waals surface area contributed by atoms with Crippen molar-refractivity contribution in [3.63, 3.8) is 0 Å². The lowest BCUT2D eigenvalue weighted by molar-refractivity contribution is -0.394. The number of non-ortho nitro benzene ring substituents is 2. The van der Waals surface area contributed by atoms with Crippen LogP contribution in [0.3, 0.4) is 0 Å². The number of nitrogens with two attached hydrogens (primary N) is 2. The van der Waals surface area contributed by atoms with Crippen molar-refractivity contribution in [2.75, 3.05) is 51.1 Å². The molecule has 6 aromatic rings. The zero-order valence-corrected chi connectivity index (χ0v) is 83.5. The predicted molar refractivity (Wildman–Crippen MR) is 545 cm³/mol. The smallest absolute Gasteiger partial charge is 0.344 e. The Labute approximate surface area is 805 Å². The topological polar surface area (TPSA) is 299 Å². The fraction of sp³-hybridized carbons (Fsp3) is 0.643. The second-order valence-electron chi connectivity index (χ2n) is 36.4. The molecule has 0 aliphatic rings. The number of nitro benzene ring substituents is 2. The summed E-state index contributed by atoms with van der Waals surface area (Å²) in [7, 11) is 0. The van der Waals surface area contributed by atoms with E-state index in [0.717, 1.165) is 115 Å². The Balaban J connectivity index is 0.000000475. The molecule has 0 saturated heterocycles. The average molecular weight is 1860 g/mol. The minimum absolute atomic E-state index is 0.0307. The molecule has 0 aliphatic carbocycles. The summed E-state index contributed by atoms with van der Waals surface area (Å²) in [6, 6.07) is 25.9. The number of rotatable bonds is 82. The molecule has 748 valence electrons. The number of anilines is 2. The van der Waals surface area contributed by atoms with Gasteiger partial charge in [-0.3, -0.25) is 20.2 Å². The molecule has 22 heteroatoms. The van der Waals surface area contributed by atoms with Gasteiger partial charge in [0.15, 0.2) is 23.0 Å². The molecule has 0 unspecified atom stereocenters. The monoisotopic (exact) mass is 1860 g/mol. The third kappa shape index (κ3) is 53.1. The van der Waals surface area contributed by atoms with Crippen LogP contribution in [0.4, 0.5) is 22.7 Å². The molecule has 6 aromatic carbocycles. The highest BCUT2D eigenvalue weighted by molar-refractivity contribution is 5.95. The van der Waals surface area contributed by atoms with E-state index < -0.39 is 45.1 Å². The van der Waals surface area contributed by atoms with Crippen LogP contribution in [-0.4, -0.2) is 73.4 Å². The zero-order chi connectivity index (χ0) is 96.3. The van der Waals surface area contributed by atoms with E-state index in [1.165, 1.54) is 325 Å². The summed E-state index contributed by atoms with van der Waals surface area (Å²) in [4.78, 5) is 74.4. The Bertz CT molecular complexity index is 3970. The minimum atomic E-state index is -1.03. The van der Waals surface area contributed by atoms with Crippen LogP contribution in [0.2, 0.25) is 0 Å². The third-order valence-electron chi connectivity index (χ3n) is 24.3. The molecule has 0 radical (unpaired) electrons. The molecule has 0 amide bonds. The van der Waals surface area contributed by atoms with E-state index in [1.54, 1.807) is 54.6 Å². The maximum absolute atomic E-state index is 13.9. The first kappa shape index (κ1) is 115. The van der Waals surface area contributed by atoms with E-state index in [9.17, 15) is 39.4 Å². The van der Waals surface area contributed by atoms with Crippen LogP contribution >= 0.6 is 0 Å². The number of hydrogen-bond acceptors (Lipinski definition) is 20. The number of nitro groups is 2. The Morgan fingerprint density at radius 1 is 0.224 bits per heavy atom. The highest BCUT2D eigenvalue weighted by Crippen LogP contribution is 2.43. The van der Waals surface area contributed by atoms with Crippen LogP contribution in [0.5, 0.6) is 57.5 Å². The Hall–Kier alpha value is -9.60. The van der Waals surface area contributed by atoms with Gasteiger partial charge >= 0.3 is 23.9 Å². The summed E-state index contributed by atoms with van der Waals surface area (Å²) in [6.45, 7) is 16.5. The Kier molecular flexibility index (Phi) is 64.8. The number of nitrogens with zero attached hydrogens (tertiary/aromatic N) is 2. The number of carbonyl (C=O) groups is 4. The van der Waals surface area contributed by atoms with Crippen molar-refractivity contribution in [1.29, 1.82) is 0 Å². The van der Waals surface area contributed by atoms with E-state index in [2.05, 4.69) is 41.5 Å². The van der Waals surface area contributed by atoms with Crippen molar-refractivity contribution in [3.05, 3.63) is 152 Å². The molecule has 0 heterocycles. The molecular weight excluding hydrogens is 1690 g/mol. The summed E-state index contributed by atoms with van der Waals surface area (Å²) >= 11 is 0. The Morgan fingerprint density at radius 3 is 0.575 bits per heavy atom. The first-order chi connectivity index (χ1) is 65.5. The van der Waals surface area contributed by atoms with Crippen molar-refractivity contribution in [3.8, 4) is 57.5 Å². The minimum Gasteiger partial charge on any atom is -0.490 e. The second kappa shape index (κ2) is 75.6. The zero-order valence-electron chi connectivity index (χ0n) is 83.5. The SMILES string of the molecule is CCCCCCCCCCCCOc1cc(C(=O)Oc2ccc(OC(=O)c3cc(N)cc(N)c3)cc2)cc(OCCCCCCCCCCCC)c1OCCCCCCCCCCCC.CCCCCCCCCCCCOc1cc(C(=O)Oc2ccc(OC(=O)c3cc([N+](=O)[O-])cc([N+](=O)[O-])c3)cc2)cc(OCCCCCCCCCCCC)c1OCCCCCCCCCCCC. The van der Waals surface area contributed by atoms with Gasteiger partial charge in [-0.05, 0) is 130 Å². The van der Waals surface area contributed by atoms with Gasteiger partial charge in [0.25, 0.3) is 11.4 Å². The van der Waals surface area contributed by atoms with Gasteiger partial charge in [0.1, 0.15) is 23.0 Å². The summed E-state index contributed by atoms with van der Waals surface area (Å²) in [5.41, 5.74) is 11.6. The number of hydrogen-bond donors (Lipinski definition) is 2. The standard InChI is InChI=1S/C56H84N2O11.C56H88N2O7/c1-4-7-10-13-16-19-22-25-28-31-38-65-52-43-47(56(60)69-51-36-34-50(35-37-51)68-55(59)46-41-48(57(61)62)45-49(42-46)58(63)64)44-53(66-39-32-29-26-23-20-17-14-11-8-5-2)54(52)67-40-33-30-27-24-21-18-15-12-9-6-3;1-4-7-10-13-16-19-22-25-28-31-38-61-52-43-47(56(60)65-51-36-34-50(35-37-51)64-55(59)46-41-48(57)45-49(58)42-46)44-53(62-39-32-29-26-23-20-17-14-11-8-5-2)54(52)63-40-33-30-27-24-21-18-15-12-9-6-3/h34-37,41-45H,4-33,38-40H2,1-3H3;34-37,41-45H,4-33,38-40,57-58H2,1-3H3. The van der Waals surface area contributed by atoms with Crippen LogP contribution in [0.1, 0.15) is 468 Å². The van der Waals surface area contributed by atoms with E-state index in [-0.39, 0.29) is 33.9 Å². The van der Waals surface area contributed by atoms with E-state index in [0.29, 0.717) is 96.8 Å². The third-order valence-corrected chi connectivity index (χ3v) is 24.3. The predicted octanol–water partition coefficient (Wildman–Crippen LogP) is 33.0. The second-order valence-corrected chi connectivity index (χ2v) is 36.4. The van der Waals surface area contributed by atoms with Crippen LogP contribution < -0.4 is 58.8 Å². The number of benzene rings is 6. The van der Waals surface area contributed by atoms with Gasteiger partial charge < -0.3 is 58.8 Å². The van der Waals surface area contributed by atoms with Crippen LogP contribution in [-0.2, 0) is 0 Å². The van der Waals surface area contributed by atoms with Crippen LogP contribution in [0, 0.1) is 20.2 Å². The van der Waals surface area contributed by atoms with Gasteiger partial charge in [0, 0.05) is 23.5 Å². The first-order valence-electron chi connectivity index (χ1n) is 52.8. The molecule has 134 heavy (non-hydrogen) atoms. The van der Waals surface area contributed by atoms with Gasteiger partial charge in [0.05, 0.1) is 77.8 Å². The molecule has 0 fully saturated rings. The number of esters is 4. The first-order valence-corrected chi connectivity index (χ1v) is 52.8. The molecule has 0 aromatic heterocycles. The maximum atomic E-state index is 13.9. The van der Waals surface area contributed by atoms with Crippen molar-refractivity contribution in [2.45, 2.75) is 427 Å². The van der Waals surface area contributed by atoms with E-state index in [1.807, 2.05) is 0 Å². The fourth-order valence-corrected chi connectivity index (χ4v) is 16.2. The summed E-state index contributed by atoms with van der Waals surface area (Å²) < 4.78 is 61.4. The molecule has 0 bridgehead atoms. The number of ether oxygens (including phenoxy) is 10. The highest BCUT2D eigenvalue weighted by atomic mass is 16.6. The highest BCUT2D eigenvalue weighted by Gasteiger charge is 2.26. The lowest BCUT2D eigenvalue weighted by Crippen LogP contribution is -2.12. The van der Waals surface area contributed by atoms with E-state index >= 15 is 0 Å². The Morgan fingerprint density at radius 2 is 0.388 bits per heavy atom. The van der Waals surface area contributed by atoms with Gasteiger partial charge in [0.2, 0.25) is 11.5 Å². The van der Waals surface area contributed by atoms with Gasteiger partial charge in [-0.1, -0.05) is 388 Å². The van der Waals surface area contributed by atoms with Gasteiger partial charge in [-0.2, -0.15) is 0 Å². The summed E-state index contributed by atoms with van der Waals surface area (Å²) in [6.07, 6.45) is 73.3. The normalized spacial score (nSPS) is 11.1. The molecule has 4 N–H and O–H groups in total. The maximum Gasteiger partial charge on any atom is 0.344 e. The summed E-state index contributed by atoms with van der Waals surface area (Å²) in [5, 5.41) is 22.7. The average Bonchev–Trinajstić information content (AvgIpc) is 0.804. The number of carbonyl (C=O) groups excluding carboxylic acids is 4. The summed E-state index contributed by atoms with van der Waals surface area (Å²) in [5.74, 6) is 0.879. The van der Waals surface area contributed by atoms with Gasteiger partial charge in [-0.15, -0.1) is 0 Å². The molecule has 0 atom stereocenters. The number of nitrogen functional groups attached to an aromatic ring is 2. The molecule has 0 saturated carbocycles. The largest absolute Gasteiger partial charge is 0.490 e. The molecule has 22 nitrogen and oxygen atoms in total. The lowest BCUT2D eigenvalue weighted by atomic mass is 10.1. The molecule has 6 rings (SSSR count).